The van der Waals surface area contributed by atoms with Crippen molar-refractivity contribution in [2.75, 3.05) is 7.11 Å². The van der Waals surface area contributed by atoms with E-state index in [2.05, 4.69) is 17.2 Å². The number of methoxy groups -OCH3 is 1. The summed E-state index contributed by atoms with van der Waals surface area (Å²) in [7, 11) is 1.56. The van der Waals surface area contributed by atoms with Crippen LogP contribution >= 0.6 is 0 Å². The Morgan fingerprint density at radius 1 is 1.60 bits per heavy atom. The molecule has 84 valence electrons. The molecule has 0 aliphatic heterocycles. The third kappa shape index (κ3) is 2.76. The Morgan fingerprint density at radius 2 is 2.33 bits per heavy atom. The number of nitrogens with zero attached hydrogens (tertiary/aromatic N) is 3. The van der Waals surface area contributed by atoms with E-state index in [1.165, 1.54) is 0 Å². The van der Waals surface area contributed by atoms with E-state index < -0.39 is 5.91 Å². The lowest BCUT2D eigenvalue weighted by molar-refractivity contribution is 0.0989. The minimum absolute atomic E-state index is 0.202. The van der Waals surface area contributed by atoms with Crippen molar-refractivity contribution in [1.82, 2.24) is 15.0 Å². The van der Waals surface area contributed by atoms with Crippen LogP contribution in [0.25, 0.3) is 0 Å². The molecule has 0 unspecified atom stereocenters. The van der Waals surface area contributed by atoms with Gasteiger partial charge in [0.15, 0.2) is 5.69 Å². The van der Waals surface area contributed by atoms with Gasteiger partial charge in [-0.25, -0.2) is 4.68 Å². The summed E-state index contributed by atoms with van der Waals surface area (Å²) in [5, 5.41) is 7.62. The molecule has 15 heavy (non-hydrogen) atoms. The van der Waals surface area contributed by atoms with Crippen LogP contribution in [0, 0.1) is 0 Å². The maximum atomic E-state index is 11.0. The zero-order chi connectivity index (χ0) is 11.3. The average molecular weight is 212 g/mol. The van der Waals surface area contributed by atoms with Crippen LogP contribution in [0.2, 0.25) is 0 Å². The van der Waals surface area contributed by atoms with Crippen molar-refractivity contribution >= 4 is 5.91 Å². The predicted molar refractivity (Wildman–Crippen MR) is 54.2 cm³/mol. The highest BCUT2D eigenvalue weighted by atomic mass is 16.5. The Kier molecular flexibility index (Phi) is 4.23. The van der Waals surface area contributed by atoms with Crippen LogP contribution < -0.4 is 5.73 Å². The topological polar surface area (TPSA) is 83.0 Å². The molecule has 0 fully saturated rings. The maximum Gasteiger partial charge on any atom is 0.271 e. The minimum Gasteiger partial charge on any atom is -0.378 e. The largest absolute Gasteiger partial charge is 0.378 e. The molecule has 1 amide bonds. The molecule has 0 saturated heterocycles. The maximum absolute atomic E-state index is 11.0. The second-order valence-corrected chi connectivity index (χ2v) is 3.26. The first-order chi connectivity index (χ1) is 7.20. The van der Waals surface area contributed by atoms with Crippen molar-refractivity contribution in [2.24, 2.45) is 5.73 Å². The van der Waals surface area contributed by atoms with Crippen LogP contribution in [0.5, 0.6) is 0 Å². The number of aryl methyl sites for hydroxylation is 1. The Labute approximate surface area is 88.4 Å². The van der Waals surface area contributed by atoms with Crippen LogP contribution in [0.3, 0.4) is 0 Å². The van der Waals surface area contributed by atoms with E-state index in [0.717, 1.165) is 19.4 Å². The fourth-order valence-corrected chi connectivity index (χ4v) is 1.29. The first-order valence-corrected chi connectivity index (χ1v) is 4.91. The van der Waals surface area contributed by atoms with Crippen LogP contribution in [0.4, 0.5) is 0 Å². The smallest absolute Gasteiger partial charge is 0.271 e. The van der Waals surface area contributed by atoms with Crippen molar-refractivity contribution < 1.29 is 9.53 Å². The molecule has 0 atom stereocenters. The highest BCUT2D eigenvalue weighted by Gasteiger charge is 2.16. The second kappa shape index (κ2) is 5.45. The number of hydrogen-bond acceptors (Lipinski definition) is 4. The SMILES string of the molecule is CCCCn1nnc(C(N)=O)c1COC. The van der Waals surface area contributed by atoms with Crippen molar-refractivity contribution in [3.63, 3.8) is 0 Å². The highest BCUT2D eigenvalue weighted by Crippen LogP contribution is 2.07. The van der Waals surface area contributed by atoms with Gasteiger partial charge >= 0.3 is 0 Å². The number of hydrogen-bond donors (Lipinski definition) is 1. The number of nitrogens with two attached hydrogens (primary N) is 1. The summed E-state index contributed by atoms with van der Waals surface area (Å²) in [6, 6.07) is 0. The highest BCUT2D eigenvalue weighted by molar-refractivity contribution is 5.91. The number of amides is 1. The molecule has 0 bridgehead atoms. The van der Waals surface area contributed by atoms with Crippen molar-refractivity contribution in [1.29, 1.82) is 0 Å². The lowest BCUT2D eigenvalue weighted by Gasteiger charge is -2.04. The van der Waals surface area contributed by atoms with Crippen LogP contribution in [-0.2, 0) is 17.9 Å². The van der Waals surface area contributed by atoms with E-state index in [1.807, 2.05) is 0 Å². The molecule has 1 aromatic heterocycles. The fourth-order valence-electron chi connectivity index (χ4n) is 1.29. The third-order valence-electron chi connectivity index (χ3n) is 2.08. The Bertz CT molecular complexity index is 335. The first kappa shape index (κ1) is 11.6. The summed E-state index contributed by atoms with van der Waals surface area (Å²) >= 11 is 0. The van der Waals surface area contributed by atoms with Crippen LogP contribution in [-0.4, -0.2) is 28.0 Å². The Hall–Kier alpha value is -1.43. The summed E-state index contributed by atoms with van der Waals surface area (Å²) in [6.45, 7) is 3.12. The lowest BCUT2D eigenvalue weighted by atomic mass is 10.3. The molecule has 1 rings (SSSR count). The number of carbonyl (C=O) groups is 1. The molecular formula is C9H16N4O2. The van der Waals surface area contributed by atoms with E-state index in [-0.39, 0.29) is 5.69 Å². The molecule has 6 nitrogen and oxygen atoms in total. The molecular weight excluding hydrogens is 196 g/mol. The molecule has 1 aromatic rings. The van der Waals surface area contributed by atoms with Gasteiger partial charge in [0.2, 0.25) is 0 Å². The van der Waals surface area contributed by atoms with Gasteiger partial charge in [-0.15, -0.1) is 5.10 Å². The normalized spacial score (nSPS) is 10.5. The van der Waals surface area contributed by atoms with Gasteiger partial charge in [0.1, 0.15) is 0 Å². The summed E-state index contributed by atoms with van der Waals surface area (Å²) in [4.78, 5) is 11.0. The molecule has 0 aliphatic carbocycles. The molecule has 0 aromatic carbocycles. The van der Waals surface area contributed by atoms with Crippen LogP contribution in [0.1, 0.15) is 35.9 Å². The molecule has 6 heteroatoms. The standard InChI is InChI=1S/C9H16N4O2/c1-3-4-5-13-7(6-15-2)8(9(10)14)11-12-13/h3-6H2,1-2H3,(H2,10,14). The second-order valence-electron chi connectivity index (χ2n) is 3.26. The quantitative estimate of drug-likeness (QED) is 0.736. The summed E-state index contributed by atoms with van der Waals surface area (Å²) in [5.41, 5.74) is 6.03. The van der Waals surface area contributed by atoms with Gasteiger partial charge in [0.05, 0.1) is 12.3 Å². The van der Waals surface area contributed by atoms with E-state index in [9.17, 15) is 4.79 Å². The zero-order valence-electron chi connectivity index (χ0n) is 9.06. The van der Waals surface area contributed by atoms with Gasteiger partial charge in [-0.2, -0.15) is 0 Å². The van der Waals surface area contributed by atoms with E-state index >= 15 is 0 Å². The number of rotatable bonds is 6. The predicted octanol–water partition coefficient (Wildman–Crippen LogP) is 0.323. The third-order valence-corrected chi connectivity index (χ3v) is 2.08. The number of aromatic nitrogens is 3. The van der Waals surface area contributed by atoms with Crippen molar-refractivity contribution in [2.45, 2.75) is 32.9 Å². The van der Waals surface area contributed by atoms with E-state index in [4.69, 9.17) is 10.5 Å². The van der Waals surface area contributed by atoms with Crippen LogP contribution in [0.15, 0.2) is 0 Å². The summed E-state index contributed by atoms with van der Waals surface area (Å²) in [5.74, 6) is -0.565. The van der Waals surface area contributed by atoms with E-state index in [1.54, 1.807) is 11.8 Å². The van der Waals surface area contributed by atoms with Gasteiger partial charge in [0, 0.05) is 13.7 Å². The Morgan fingerprint density at radius 3 is 2.87 bits per heavy atom. The molecule has 1 heterocycles. The van der Waals surface area contributed by atoms with Gasteiger partial charge in [-0.1, -0.05) is 18.6 Å². The lowest BCUT2D eigenvalue weighted by Crippen LogP contribution is -2.16. The van der Waals surface area contributed by atoms with Gasteiger partial charge in [-0.05, 0) is 6.42 Å². The molecule has 0 radical (unpaired) electrons. The first-order valence-electron chi connectivity index (χ1n) is 4.91. The van der Waals surface area contributed by atoms with Gasteiger partial charge in [0.25, 0.3) is 5.91 Å². The van der Waals surface area contributed by atoms with Crippen molar-refractivity contribution in [3.8, 4) is 0 Å². The van der Waals surface area contributed by atoms with E-state index in [0.29, 0.717) is 12.3 Å². The molecule has 2 N–H and O–H groups in total. The van der Waals surface area contributed by atoms with Gasteiger partial charge in [-0.3, -0.25) is 4.79 Å². The molecule has 0 spiro atoms. The zero-order valence-corrected chi connectivity index (χ0v) is 9.06. The number of primary amides is 1. The monoisotopic (exact) mass is 212 g/mol. The minimum atomic E-state index is -0.565. The number of carbonyl (C=O) groups excluding carboxylic acids is 1. The average Bonchev–Trinajstić information content (AvgIpc) is 2.59. The Balaban J connectivity index is 2.90. The number of ether oxygens (including phenoxy) is 1. The molecule has 0 aliphatic rings. The fraction of sp³-hybridized carbons (Fsp3) is 0.667. The summed E-state index contributed by atoms with van der Waals surface area (Å²) in [6.07, 6.45) is 2.04. The number of unbranched alkanes of at least 4 members (excludes halogenated alkanes) is 1. The molecule has 0 saturated carbocycles. The summed E-state index contributed by atoms with van der Waals surface area (Å²) < 4.78 is 6.66. The van der Waals surface area contributed by atoms with Crippen molar-refractivity contribution in [3.05, 3.63) is 11.4 Å². The van der Waals surface area contributed by atoms with Gasteiger partial charge < -0.3 is 10.5 Å².